The predicted octanol–water partition coefficient (Wildman–Crippen LogP) is 1.49. The Morgan fingerprint density at radius 3 is 2.09 bits per heavy atom. The number of hydrogen-bond acceptors (Lipinski definition) is 5. The van der Waals surface area contributed by atoms with Crippen LogP contribution in [-0.2, 0) is 9.59 Å². The normalized spacial score (nSPS) is 9.74. The second kappa shape index (κ2) is 9.00. The Kier molecular flexibility index (Phi) is 7.02. The van der Waals surface area contributed by atoms with Crippen LogP contribution in [0, 0.1) is 0 Å². The van der Waals surface area contributed by atoms with Gasteiger partial charge in [-0.2, -0.15) is 0 Å². The molecule has 7 nitrogen and oxygen atoms in total. The summed E-state index contributed by atoms with van der Waals surface area (Å²) in [5.74, 6) is -2.51. The van der Waals surface area contributed by atoms with E-state index >= 15 is 0 Å². The summed E-state index contributed by atoms with van der Waals surface area (Å²) in [6.07, 6.45) is 4.51. The summed E-state index contributed by atoms with van der Waals surface area (Å²) >= 11 is 4.94. The molecule has 0 aliphatic heterocycles. The van der Waals surface area contributed by atoms with E-state index in [0.717, 1.165) is 11.3 Å². The van der Waals surface area contributed by atoms with Gasteiger partial charge in [-0.15, -0.1) is 0 Å². The molecular weight excluding hydrogens is 318 g/mol. The molecule has 8 heteroatoms. The molecule has 2 heterocycles. The summed E-state index contributed by atoms with van der Waals surface area (Å²) in [5.41, 5.74) is 7.90. The molecule has 0 saturated carbocycles. The van der Waals surface area contributed by atoms with Crippen LogP contribution in [-0.4, -0.2) is 37.1 Å². The van der Waals surface area contributed by atoms with Crippen molar-refractivity contribution in [3.05, 3.63) is 60.6 Å². The SMILES string of the molecule is NC(=S)c1ncccc1-c1ccccn1.O=C(O)/C=C\C(=O)O. The maximum Gasteiger partial charge on any atom is 0.328 e. The fourth-order valence-corrected chi connectivity index (χ4v) is 1.64. The first-order chi connectivity index (χ1) is 10.9. The highest BCUT2D eigenvalue weighted by Gasteiger charge is 2.08. The summed E-state index contributed by atoms with van der Waals surface area (Å²) in [7, 11) is 0. The standard InChI is InChI=1S/C11H9N3S.C4H4O4/c12-11(15)10-8(4-3-7-14-10)9-5-1-2-6-13-9;5-3(6)1-2-4(7)8/h1-7H,(H2,12,15);1-2H,(H,5,6)(H,7,8)/b;2-1-. The van der Waals surface area contributed by atoms with Crippen molar-refractivity contribution in [1.29, 1.82) is 0 Å². The highest BCUT2D eigenvalue weighted by molar-refractivity contribution is 7.80. The number of carboxylic acid groups (broad SMARTS) is 2. The van der Waals surface area contributed by atoms with Gasteiger partial charge in [-0.25, -0.2) is 9.59 Å². The van der Waals surface area contributed by atoms with Crippen molar-refractivity contribution in [3.8, 4) is 11.3 Å². The molecule has 0 aliphatic rings. The van der Waals surface area contributed by atoms with Gasteiger partial charge in [-0.1, -0.05) is 18.3 Å². The van der Waals surface area contributed by atoms with Crippen LogP contribution < -0.4 is 5.73 Å². The Morgan fingerprint density at radius 1 is 1.00 bits per heavy atom. The third-order valence-electron chi connectivity index (χ3n) is 2.35. The van der Waals surface area contributed by atoms with E-state index in [2.05, 4.69) is 9.97 Å². The fraction of sp³-hybridized carbons (Fsp3) is 0. The molecule has 0 saturated heterocycles. The highest BCUT2D eigenvalue weighted by atomic mass is 32.1. The average Bonchev–Trinajstić information content (AvgIpc) is 2.54. The molecule has 0 fully saturated rings. The zero-order valence-electron chi connectivity index (χ0n) is 11.8. The number of aromatic nitrogens is 2. The van der Waals surface area contributed by atoms with Crippen LogP contribution in [0.3, 0.4) is 0 Å². The summed E-state index contributed by atoms with van der Waals surface area (Å²) in [6.45, 7) is 0. The van der Waals surface area contributed by atoms with Crippen molar-refractivity contribution in [2.24, 2.45) is 5.73 Å². The van der Waals surface area contributed by atoms with E-state index in [1.54, 1.807) is 12.4 Å². The number of carboxylic acids is 2. The first-order valence-corrected chi connectivity index (χ1v) is 6.62. The molecule has 0 amide bonds. The monoisotopic (exact) mass is 331 g/mol. The van der Waals surface area contributed by atoms with Gasteiger partial charge in [0.2, 0.25) is 0 Å². The van der Waals surface area contributed by atoms with Gasteiger partial charge in [0.1, 0.15) is 10.7 Å². The summed E-state index contributed by atoms with van der Waals surface area (Å²) in [5, 5.41) is 15.6. The van der Waals surface area contributed by atoms with Gasteiger partial charge in [0.05, 0.1) is 5.69 Å². The van der Waals surface area contributed by atoms with E-state index in [0.29, 0.717) is 17.8 Å². The van der Waals surface area contributed by atoms with Crippen LogP contribution in [0.25, 0.3) is 11.3 Å². The lowest BCUT2D eigenvalue weighted by atomic mass is 10.1. The van der Waals surface area contributed by atoms with Gasteiger partial charge < -0.3 is 15.9 Å². The molecule has 0 aromatic carbocycles. The van der Waals surface area contributed by atoms with Crippen molar-refractivity contribution in [3.63, 3.8) is 0 Å². The van der Waals surface area contributed by atoms with Crippen molar-refractivity contribution in [2.45, 2.75) is 0 Å². The molecule has 0 aliphatic carbocycles. The fourth-order valence-electron chi connectivity index (χ4n) is 1.47. The van der Waals surface area contributed by atoms with Gasteiger partial charge in [0, 0.05) is 30.1 Å². The van der Waals surface area contributed by atoms with Gasteiger partial charge in [0.15, 0.2) is 0 Å². The Balaban J connectivity index is 0.000000284. The van der Waals surface area contributed by atoms with Gasteiger partial charge in [0.25, 0.3) is 0 Å². The van der Waals surface area contributed by atoms with Crippen LogP contribution in [0.2, 0.25) is 0 Å². The second-order valence-corrected chi connectivity index (χ2v) is 4.43. The van der Waals surface area contributed by atoms with Gasteiger partial charge in [-0.05, 0) is 24.3 Å². The number of carbonyl (C=O) groups is 2. The molecule has 0 bridgehead atoms. The first kappa shape index (κ1) is 17.9. The third-order valence-corrected chi connectivity index (χ3v) is 2.54. The molecule has 2 aromatic heterocycles. The maximum absolute atomic E-state index is 9.55. The number of nitrogens with zero attached hydrogens (tertiary/aromatic N) is 2. The van der Waals surface area contributed by atoms with Gasteiger partial charge in [-0.3, -0.25) is 9.97 Å². The van der Waals surface area contributed by atoms with Crippen LogP contribution in [0.1, 0.15) is 5.69 Å². The number of aliphatic carboxylic acids is 2. The molecule has 4 N–H and O–H groups in total. The number of nitrogens with two attached hydrogens (primary N) is 1. The van der Waals surface area contributed by atoms with Crippen LogP contribution in [0.15, 0.2) is 54.9 Å². The van der Waals surface area contributed by atoms with E-state index in [1.165, 1.54) is 0 Å². The molecule has 0 atom stereocenters. The van der Waals surface area contributed by atoms with E-state index in [-0.39, 0.29) is 4.99 Å². The Bertz CT molecular complexity index is 717. The molecule has 23 heavy (non-hydrogen) atoms. The Labute approximate surface area is 137 Å². The molecule has 2 rings (SSSR count). The minimum absolute atomic E-state index is 0.288. The number of thiocarbonyl (C=S) groups is 1. The van der Waals surface area contributed by atoms with Crippen molar-refractivity contribution in [2.75, 3.05) is 0 Å². The van der Waals surface area contributed by atoms with Crippen molar-refractivity contribution in [1.82, 2.24) is 9.97 Å². The summed E-state index contributed by atoms with van der Waals surface area (Å²) in [6, 6.07) is 9.42. The van der Waals surface area contributed by atoms with Crippen molar-refractivity contribution >= 4 is 29.1 Å². The highest BCUT2D eigenvalue weighted by Crippen LogP contribution is 2.18. The zero-order chi connectivity index (χ0) is 17.2. The number of hydrogen-bond donors (Lipinski definition) is 3. The quantitative estimate of drug-likeness (QED) is 0.568. The minimum atomic E-state index is -1.26. The van der Waals surface area contributed by atoms with Crippen LogP contribution in [0.5, 0.6) is 0 Å². The van der Waals surface area contributed by atoms with Gasteiger partial charge >= 0.3 is 11.9 Å². The smallest absolute Gasteiger partial charge is 0.328 e. The molecule has 118 valence electrons. The molecule has 2 aromatic rings. The van der Waals surface area contributed by atoms with E-state index in [4.69, 9.17) is 28.2 Å². The number of pyridine rings is 2. The second-order valence-electron chi connectivity index (χ2n) is 3.99. The largest absolute Gasteiger partial charge is 0.478 e. The molecular formula is C15H13N3O4S. The number of rotatable bonds is 4. The van der Waals surface area contributed by atoms with E-state index in [9.17, 15) is 9.59 Å². The summed E-state index contributed by atoms with van der Waals surface area (Å²) in [4.78, 5) is 27.8. The summed E-state index contributed by atoms with van der Waals surface area (Å²) < 4.78 is 0. The maximum atomic E-state index is 9.55. The Morgan fingerprint density at radius 2 is 1.61 bits per heavy atom. The van der Waals surface area contributed by atoms with E-state index in [1.807, 2.05) is 30.3 Å². The first-order valence-electron chi connectivity index (χ1n) is 6.22. The zero-order valence-corrected chi connectivity index (χ0v) is 12.6. The lowest BCUT2D eigenvalue weighted by Crippen LogP contribution is -2.13. The molecule has 0 radical (unpaired) electrons. The Hall–Kier alpha value is -3.13. The molecule has 0 spiro atoms. The van der Waals surface area contributed by atoms with E-state index < -0.39 is 11.9 Å². The lowest BCUT2D eigenvalue weighted by molar-refractivity contribution is -0.134. The lowest BCUT2D eigenvalue weighted by Gasteiger charge is -2.05. The topological polar surface area (TPSA) is 126 Å². The molecule has 0 unspecified atom stereocenters. The predicted molar refractivity (Wildman–Crippen MR) is 87.8 cm³/mol. The third kappa shape index (κ3) is 6.44. The van der Waals surface area contributed by atoms with Crippen LogP contribution >= 0.6 is 12.2 Å². The minimum Gasteiger partial charge on any atom is -0.478 e. The van der Waals surface area contributed by atoms with Crippen molar-refractivity contribution < 1.29 is 19.8 Å². The van der Waals surface area contributed by atoms with Crippen LogP contribution in [0.4, 0.5) is 0 Å². The average molecular weight is 331 g/mol.